The molecule has 2 atom stereocenters. The number of aromatic nitrogens is 1. The maximum atomic E-state index is 14.4. The number of hydrogen-bond donors (Lipinski definition) is 0. The van der Waals surface area contributed by atoms with Gasteiger partial charge in [-0.25, -0.2) is 14.0 Å². The monoisotopic (exact) mass is 491 g/mol. The second-order valence-corrected chi connectivity index (χ2v) is 11.2. The molecule has 1 aliphatic heterocycles. The Hall–Kier alpha value is -3.15. The van der Waals surface area contributed by atoms with E-state index in [4.69, 9.17) is 9.47 Å². The molecular weight excluding hydrogens is 457 g/mol. The molecule has 2 aromatic rings. The van der Waals surface area contributed by atoms with Gasteiger partial charge in [-0.15, -0.1) is 0 Å². The lowest BCUT2D eigenvalue weighted by atomic mass is 9.77. The van der Waals surface area contributed by atoms with E-state index in [9.17, 15) is 14.0 Å². The molecule has 1 aromatic carbocycles. The molecule has 5 rings (SSSR count). The van der Waals surface area contributed by atoms with Crippen LogP contribution in [-0.2, 0) is 20.8 Å². The predicted molar refractivity (Wildman–Crippen MR) is 138 cm³/mol. The average Bonchev–Trinajstić information content (AvgIpc) is 3.05. The van der Waals surface area contributed by atoms with Crippen LogP contribution in [0, 0.1) is 5.92 Å². The number of nitrogens with zero attached hydrogens (tertiary/aromatic N) is 1. The number of hydrogen-bond acceptors (Lipinski definition) is 4. The molecule has 190 valence electrons. The van der Waals surface area contributed by atoms with Gasteiger partial charge in [-0.3, -0.25) is 0 Å². The quantitative estimate of drug-likeness (QED) is 0.439. The smallest absolute Gasteiger partial charge is 0.338 e. The minimum Gasteiger partial charge on any atom is -0.466 e. The fourth-order valence-electron chi connectivity index (χ4n) is 6.02. The van der Waals surface area contributed by atoms with Crippen LogP contribution in [0.15, 0.2) is 53.9 Å². The number of carbonyl (C=O) groups is 2. The van der Waals surface area contributed by atoms with Crippen molar-refractivity contribution in [1.29, 1.82) is 0 Å². The third-order valence-corrected chi connectivity index (χ3v) is 7.51. The van der Waals surface area contributed by atoms with Gasteiger partial charge >= 0.3 is 11.9 Å². The van der Waals surface area contributed by atoms with Crippen LogP contribution in [0.2, 0.25) is 0 Å². The summed E-state index contributed by atoms with van der Waals surface area (Å²) in [5, 5.41) is 1.09. The van der Waals surface area contributed by atoms with E-state index in [0.29, 0.717) is 23.6 Å². The van der Waals surface area contributed by atoms with Gasteiger partial charge in [-0.2, -0.15) is 0 Å². The second kappa shape index (κ2) is 9.38. The summed E-state index contributed by atoms with van der Waals surface area (Å²) in [7, 11) is 1.37. The maximum absolute atomic E-state index is 14.4. The third kappa shape index (κ3) is 4.54. The number of fused-ring (bicyclic) bond motifs is 5. The molecule has 0 N–H and O–H groups in total. The van der Waals surface area contributed by atoms with Crippen LogP contribution in [0.1, 0.15) is 86.3 Å². The molecule has 5 nitrogen and oxygen atoms in total. The summed E-state index contributed by atoms with van der Waals surface area (Å²) in [4.78, 5) is 25.7. The first-order valence-corrected chi connectivity index (χ1v) is 12.9. The third-order valence-electron chi connectivity index (χ3n) is 7.51. The van der Waals surface area contributed by atoms with Gasteiger partial charge in [0.15, 0.2) is 0 Å². The van der Waals surface area contributed by atoms with E-state index in [1.54, 1.807) is 6.08 Å². The predicted octanol–water partition coefficient (Wildman–Crippen LogP) is 6.88. The largest absolute Gasteiger partial charge is 0.466 e. The lowest BCUT2D eigenvalue weighted by molar-refractivity contribution is -0.136. The van der Waals surface area contributed by atoms with E-state index in [-0.39, 0.29) is 23.6 Å². The molecule has 2 heterocycles. The molecule has 1 saturated carbocycles. The molecule has 0 bridgehead atoms. The normalized spacial score (nSPS) is 22.2. The van der Waals surface area contributed by atoms with E-state index >= 15 is 0 Å². The zero-order chi connectivity index (χ0) is 25.6. The van der Waals surface area contributed by atoms with E-state index < -0.39 is 11.6 Å². The Morgan fingerprint density at radius 3 is 2.50 bits per heavy atom. The first kappa shape index (κ1) is 24.5. The highest BCUT2D eigenvalue weighted by Crippen LogP contribution is 2.47. The molecule has 6 heteroatoms. The van der Waals surface area contributed by atoms with Crippen LogP contribution in [0.4, 0.5) is 4.39 Å². The van der Waals surface area contributed by atoms with Gasteiger partial charge in [-0.1, -0.05) is 37.5 Å². The first-order valence-electron chi connectivity index (χ1n) is 12.9. The molecule has 36 heavy (non-hydrogen) atoms. The highest BCUT2D eigenvalue weighted by molar-refractivity contribution is 5.97. The summed E-state index contributed by atoms with van der Waals surface area (Å²) < 4.78 is 27.3. The number of methoxy groups -OCH3 is 1. The number of halogens is 1. The van der Waals surface area contributed by atoms with Crippen LogP contribution in [0.3, 0.4) is 0 Å². The Balaban J connectivity index is 1.74. The Kier molecular flexibility index (Phi) is 6.39. The van der Waals surface area contributed by atoms with Crippen LogP contribution in [0.5, 0.6) is 0 Å². The highest BCUT2D eigenvalue weighted by Gasteiger charge is 2.36. The van der Waals surface area contributed by atoms with Crippen molar-refractivity contribution in [3.8, 4) is 0 Å². The van der Waals surface area contributed by atoms with Gasteiger partial charge in [0, 0.05) is 28.4 Å². The van der Waals surface area contributed by atoms with E-state index in [0.717, 1.165) is 29.4 Å². The van der Waals surface area contributed by atoms with Crippen molar-refractivity contribution in [3.05, 3.63) is 70.7 Å². The summed E-state index contributed by atoms with van der Waals surface area (Å²) in [5.41, 5.74) is 3.64. The summed E-state index contributed by atoms with van der Waals surface area (Å²) in [6, 6.07) is 5.75. The van der Waals surface area contributed by atoms with Crippen molar-refractivity contribution >= 4 is 22.8 Å². The van der Waals surface area contributed by atoms with Gasteiger partial charge in [0.05, 0.1) is 24.8 Å². The first-order chi connectivity index (χ1) is 17.2. The second-order valence-electron chi connectivity index (χ2n) is 11.2. The Morgan fingerprint density at radius 1 is 1.06 bits per heavy atom. The fourth-order valence-corrected chi connectivity index (χ4v) is 6.02. The number of benzene rings is 1. The summed E-state index contributed by atoms with van der Waals surface area (Å²) in [6.45, 7) is 5.86. The van der Waals surface area contributed by atoms with Crippen LogP contribution < -0.4 is 0 Å². The average molecular weight is 492 g/mol. The molecular formula is C30H34FNO4. The molecule has 0 spiro atoms. The van der Waals surface area contributed by atoms with Crippen molar-refractivity contribution in [3.63, 3.8) is 0 Å². The SMILES string of the molecule is COC(=O)C1=CC2C=C(F)C=CC2c2c(C3CCCCC3)c3ccc(C(=O)OC(C)(C)C)cc3n2C1. The fraction of sp³-hybridized carbons (Fsp3) is 0.467. The zero-order valence-electron chi connectivity index (χ0n) is 21.5. The molecule has 2 unspecified atom stereocenters. The van der Waals surface area contributed by atoms with Crippen molar-refractivity contribution in [2.45, 2.75) is 76.9 Å². The Bertz CT molecular complexity index is 1300. The molecule has 3 aliphatic rings. The molecule has 0 amide bonds. The van der Waals surface area contributed by atoms with Gasteiger partial charge < -0.3 is 14.0 Å². The Morgan fingerprint density at radius 2 is 1.81 bits per heavy atom. The van der Waals surface area contributed by atoms with Gasteiger partial charge in [0.2, 0.25) is 0 Å². The maximum Gasteiger partial charge on any atom is 0.338 e. The molecule has 0 saturated heterocycles. The van der Waals surface area contributed by atoms with Gasteiger partial charge in [-0.05, 0) is 69.4 Å². The summed E-state index contributed by atoms with van der Waals surface area (Å²) in [5.74, 6) is -1.11. The van der Waals surface area contributed by atoms with Gasteiger partial charge in [0.1, 0.15) is 11.4 Å². The molecule has 1 aromatic heterocycles. The standard InChI is InChI=1S/C30H34FNO4/c1-30(2,3)36-29(34)19-10-12-24-25(16-19)32-17-21(28(33)35-4)14-20-15-22(31)11-13-23(20)27(32)26(24)18-8-6-5-7-9-18/h10-16,18,20,23H,5-9,17H2,1-4H3. The van der Waals surface area contributed by atoms with E-state index in [1.807, 2.05) is 51.1 Å². The van der Waals surface area contributed by atoms with Crippen molar-refractivity contribution < 1.29 is 23.5 Å². The number of esters is 2. The van der Waals surface area contributed by atoms with Gasteiger partial charge in [0.25, 0.3) is 0 Å². The van der Waals surface area contributed by atoms with Crippen LogP contribution >= 0.6 is 0 Å². The molecule has 2 aliphatic carbocycles. The van der Waals surface area contributed by atoms with E-state index in [2.05, 4.69) is 4.57 Å². The number of allylic oxidation sites excluding steroid dienone is 5. The van der Waals surface area contributed by atoms with Crippen molar-refractivity contribution in [1.82, 2.24) is 4.57 Å². The molecule has 1 fully saturated rings. The summed E-state index contributed by atoms with van der Waals surface area (Å²) in [6.07, 6.45) is 12.7. The van der Waals surface area contributed by atoms with Crippen LogP contribution in [0.25, 0.3) is 10.9 Å². The Labute approximate surface area is 211 Å². The van der Waals surface area contributed by atoms with Crippen LogP contribution in [-0.4, -0.2) is 29.2 Å². The lowest BCUT2D eigenvalue weighted by Gasteiger charge is -2.28. The summed E-state index contributed by atoms with van der Waals surface area (Å²) >= 11 is 0. The molecule has 0 radical (unpaired) electrons. The topological polar surface area (TPSA) is 57.5 Å². The number of ether oxygens (including phenoxy) is 2. The van der Waals surface area contributed by atoms with Crippen molar-refractivity contribution in [2.75, 3.05) is 7.11 Å². The van der Waals surface area contributed by atoms with E-state index in [1.165, 1.54) is 38.0 Å². The number of carbonyl (C=O) groups excluding carboxylic acids is 2. The highest BCUT2D eigenvalue weighted by atomic mass is 19.1. The van der Waals surface area contributed by atoms with Crippen molar-refractivity contribution in [2.24, 2.45) is 5.92 Å². The zero-order valence-corrected chi connectivity index (χ0v) is 21.5. The lowest BCUT2D eigenvalue weighted by Crippen LogP contribution is -2.23. The number of rotatable bonds is 3. The minimum absolute atomic E-state index is 0.110. The minimum atomic E-state index is -0.604.